The third-order valence-electron chi connectivity index (χ3n) is 3.39. The van der Waals surface area contributed by atoms with Gasteiger partial charge in [-0.15, -0.1) is 10.2 Å². The normalized spacial score (nSPS) is 10.6. The highest BCUT2D eigenvalue weighted by Crippen LogP contribution is 2.33. The molecule has 1 heterocycles. The lowest BCUT2D eigenvalue weighted by Gasteiger charge is -2.10. The van der Waals surface area contributed by atoms with Gasteiger partial charge in [-0.25, -0.2) is 0 Å². The minimum Gasteiger partial charge on any atom is -0.360 e. The second-order valence-corrected chi connectivity index (χ2v) is 8.86. The summed E-state index contributed by atoms with van der Waals surface area (Å²) in [4.78, 5) is 14.5. The number of rotatable bonds is 9. The molecule has 1 amide bonds. The summed E-state index contributed by atoms with van der Waals surface area (Å²) in [5, 5.41) is 15.2. The van der Waals surface area contributed by atoms with Crippen LogP contribution in [0.4, 0.5) is 10.8 Å². The van der Waals surface area contributed by atoms with E-state index in [-0.39, 0.29) is 5.91 Å². The van der Waals surface area contributed by atoms with Gasteiger partial charge in [-0.05, 0) is 30.7 Å². The van der Waals surface area contributed by atoms with Crippen LogP contribution in [-0.2, 0) is 4.79 Å². The number of para-hydroxylation sites is 1. The van der Waals surface area contributed by atoms with E-state index in [2.05, 4.69) is 39.9 Å². The zero-order chi connectivity index (χ0) is 18.9. The third kappa shape index (κ3) is 6.27. The van der Waals surface area contributed by atoms with Crippen LogP contribution in [0.3, 0.4) is 0 Å². The molecule has 5 nitrogen and oxygen atoms in total. The number of carbonyl (C=O) groups excluding carboxylic acids is 1. The predicted octanol–water partition coefficient (Wildman–Crippen LogP) is 5.24. The molecule has 0 atom stereocenters. The molecule has 0 saturated heterocycles. The Balaban J connectivity index is 1.55. The van der Waals surface area contributed by atoms with Crippen LogP contribution in [-0.4, -0.2) is 28.4 Å². The smallest absolute Gasteiger partial charge is 0.234 e. The number of nitrogens with one attached hydrogen (secondary N) is 2. The topological polar surface area (TPSA) is 66.9 Å². The van der Waals surface area contributed by atoms with Crippen LogP contribution >= 0.6 is 34.9 Å². The van der Waals surface area contributed by atoms with Crippen molar-refractivity contribution in [2.24, 2.45) is 0 Å². The van der Waals surface area contributed by atoms with Crippen molar-refractivity contribution in [3.05, 3.63) is 54.6 Å². The lowest BCUT2D eigenvalue weighted by molar-refractivity contribution is -0.113. The summed E-state index contributed by atoms with van der Waals surface area (Å²) in [5.74, 6) is 0.242. The summed E-state index contributed by atoms with van der Waals surface area (Å²) < 4.78 is 0.788. The average molecular weight is 417 g/mol. The zero-order valence-corrected chi connectivity index (χ0v) is 17.3. The van der Waals surface area contributed by atoms with E-state index in [0.717, 1.165) is 37.9 Å². The molecule has 27 heavy (non-hydrogen) atoms. The molecule has 3 aromatic rings. The first-order valence-corrected chi connectivity index (χ1v) is 11.2. The third-order valence-corrected chi connectivity index (χ3v) is 6.49. The number of anilines is 2. The van der Waals surface area contributed by atoms with Crippen molar-refractivity contribution in [1.82, 2.24) is 10.2 Å². The van der Waals surface area contributed by atoms with E-state index in [1.165, 1.54) is 23.1 Å². The molecule has 0 unspecified atom stereocenters. The van der Waals surface area contributed by atoms with Crippen LogP contribution < -0.4 is 10.6 Å². The molecular weight excluding hydrogens is 396 g/mol. The first-order valence-electron chi connectivity index (χ1n) is 8.56. The standard InChI is InChI=1S/C19H20N4OS3/c1-2-12-20-18-22-23-19(27-18)25-13-17(24)21-15-10-6-7-11-16(15)26-14-8-4-3-5-9-14/h3-11H,2,12-13H2,1H3,(H,20,22)(H,21,24). The molecule has 0 aliphatic rings. The number of hydrogen-bond acceptors (Lipinski definition) is 7. The molecule has 0 fully saturated rings. The van der Waals surface area contributed by atoms with Crippen molar-refractivity contribution < 1.29 is 4.79 Å². The van der Waals surface area contributed by atoms with Crippen molar-refractivity contribution in [2.75, 3.05) is 22.9 Å². The lowest BCUT2D eigenvalue weighted by Crippen LogP contribution is -2.14. The van der Waals surface area contributed by atoms with Gasteiger partial charge in [0.2, 0.25) is 11.0 Å². The monoisotopic (exact) mass is 416 g/mol. The number of aromatic nitrogens is 2. The number of thioether (sulfide) groups is 1. The van der Waals surface area contributed by atoms with Crippen LogP contribution in [0.25, 0.3) is 0 Å². The van der Waals surface area contributed by atoms with Gasteiger partial charge >= 0.3 is 0 Å². The number of hydrogen-bond donors (Lipinski definition) is 2. The number of benzene rings is 2. The minimum absolute atomic E-state index is 0.0561. The lowest BCUT2D eigenvalue weighted by atomic mass is 10.3. The van der Waals surface area contributed by atoms with E-state index in [9.17, 15) is 4.79 Å². The summed E-state index contributed by atoms with van der Waals surface area (Å²) in [6.45, 7) is 2.97. The predicted molar refractivity (Wildman–Crippen MR) is 115 cm³/mol. The first-order chi connectivity index (χ1) is 13.2. The second kappa shape index (κ2) is 10.3. The van der Waals surface area contributed by atoms with Gasteiger partial charge in [-0.2, -0.15) is 0 Å². The highest BCUT2D eigenvalue weighted by atomic mass is 32.2. The van der Waals surface area contributed by atoms with Crippen LogP contribution in [0.5, 0.6) is 0 Å². The Labute approximate surface area is 171 Å². The molecular formula is C19H20N4OS3. The molecule has 0 bridgehead atoms. The van der Waals surface area contributed by atoms with E-state index >= 15 is 0 Å². The zero-order valence-electron chi connectivity index (χ0n) is 14.8. The number of nitrogens with zero attached hydrogens (tertiary/aromatic N) is 2. The Morgan fingerprint density at radius 2 is 1.85 bits per heavy atom. The van der Waals surface area contributed by atoms with E-state index in [0.29, 0.717) is 5.75 Å². The molecule has 0 aliphatic heterocycles. The van der Waals surface area contributed by atoms with Crippen molar-refractivity contribution >= 4 is 51.6 Å². The Kier molecular flexibility index (Phi) is 7.55. The fourth-order valence-corrected chi connectivity index (χ4v) is 4.66. The Morgan fingerprint density at radius 3 is 2.67 bits per heavy atom. The summed E-state index contributed by atoms with van der Waals surface area (Å²) >= 11 is 4.50. The van der Waals surface area contributed by atoms with Gasteiger partial charge in [0.25, 0.3) is 0 Å². The van der Waals surface area contributed by atoms with Gasteiger partial charge in [-0.1, -0.05) is 72.1 Å². The van der Waals surface area contributed by atoms with Crippen LogP contribution in [0, 0.1) is 0 Å². The van der Waals surface area contributed by atoms with Crippen molar-refractivity contribution in [2.45, 2.75) is 27.5 Å². The molecule has 0 aliphatic carbocycles. The Hall–Kier alpha value is -2.03. The highest BCUT2D eigenvalue weighted by Gasteiger charge is 2.11. The highest BCUT2D eigenvalue weighted by molar-refractivity contribution is 8.01. The molecule has 8 heteroatoms. The molecule has 3 rings (SSSR count). The molecule has 0 spiro atoms. The van der Waals surface area contributed by atoms with E-state index in [1.807, 2.05) is 42.5 Å². The summed E-state index contributed by atoms with van der Waals surface area (Å²) in [7, 11) is 0. The quantitative estimate of drug-likeness (QED) is 0.465. The fraction of sp³-hybridized carbons (Fsp3) is 0.211. The molecule has 140 valence electrons. The SMILES string of the molecule is CCCNc1nnc(SCC(=O)Nc2ccccc2Sc2ccccc2)s1. The van der Waals surface area contributed by atoms with Gasteiger partial charge in [0.1, 0.15) is 0 Å². The van der Waals surface area contributed by atoms with Crippen molar-refractivity contribution in [3.63, 3.8) is 0 Å². The molecule has 0 radical (unpaired) electrons. The molecule has 1 aromatic heterocycles. The number of amides is 1. The first kappa shape index (κ1) is 19.7. The molecule has 0 saturated carbocycles. The van der Waals surface area contributed by atoms with Crippen molar-refractivity contribution in [3.8, 4) is 0 Å². The number of carbonyl (C=O) groups is 1. The van der Waals surface area contributed by atoms with Crippen LogP contribution in [0.1, 0.15) is 13.3 Å². The van der Waals surface area contributed by atoms with E-state index < -0.39 is 0 Å². The van der Waals surface area contributed by atoms with E-state index in [4.69, 9.17) is 0 Å². The van der Waals surface area contributed by atoms with Gasteiger partial charge < -0.3 is 10.6 Å². The fourth-order valence-electron chi connectivity index (χ4n) is 2.16. The van der Waals surface area contributed by atoms with Gasteiger partial charge in [0.15, 0.2) is 4.34 Å². The Bertz CT molecular complexity index is 870. The Morgan fingerprint density at radius 1 is 1.07 bits per heavy atom. The van der Waals surface area contributed by atoms with Crippen LogP contribution in [0.15, 0.2) is 68.7 Å². The summed E-state index contributed by atoms with van der Waals surface area (Å²) in [6, 6.07) is 17.9. The maximum absolute atomic E-state index is 12.4. The minimum atomic E-state index is -0.0561. The maximum Gasteiger partial charge on any atom is 0.234 e. The average Bonchev–Trinajstić information content (AvgIpc) is 3.15. The maximum atomic E-state index is 12.4. The van der Waals surface area contributed by atoms with Crippen molar-refractivity contribution in [1.29, 1.82) is 0 Å². The van der Waals surface area contributed by atoms with Crippen LogP contribution in [0.2, 0.25) is 0 Å². The van der Waals surface area contributed by atoms with E-state index in [1.54, 1.807) is 11.8 Å². The summed E-state index contributed by atoms with van der Waals surface area (Å²) in [6.07, 6.45) is 1.03. The van der Waals surface area contributed by atoms with Gasteiger partial charge in [0.05, 0.1) is 11.4 Å². The second-order valence-electron chi connectivity index (χ2n) is 5.55. The summed E-state index contributed by atoms with van der Waals surface area (Å²) in [5.41, 5.74) is 0.819. The van der Waals surface area contributed by atoms with Gasteiger partial charge in [-0.3, -0.25) is 4.79 Å². The largest absolute Gasteiger partial charge is 0.360 e. The van der Waals surface area contributed by atoms with Gasteiger partial charge in [0, 0.05) is 16.3 Å². The molecule has 2 N–H and O–H groups in total. The molecule has 2 aromatic carbocycles.